The van der Waals surface area contributed by atoms with E-state index in [2.05, 4.69) is 59.0 Å². The maximum absolute atomic E-state index is 10.6. The molecule has 1 aromatic heterocycles. The molecule has 27 heavy (non-hydrogen) atoms. The molecule has 0 amide bonds. The van der Waals surface area contributed by atoms with Crippen molar-refractivity contribution >= 4 is 22.7 Å². The lowest BCUT2D eigenvalue weighted by molar-refractivity contribution is 0.311. The van der Waals surface area contributed by atoms with Gasteiger partial charge < -0.3 is 9.67 Å². The molecule has 1 heterocycles. The molecule has 0 aliphatic heterocycles. The molecule has 0 atom stereocenters. The molecule has 2 aromatic carbocycles. The minimum atomic E-state index is 0.435. The second kappa shape index (κ2) is 6.92. The number of thioether (sulfide) groups is 1. The molecular weight excluding hydrogens is 352 g/mol. The van der Waals surface area contributed by atoms with E-state index in [9.17, 15) is 5.11 Å². The summed E-state index contributed by atoms with van der Waals surface area (Å²) in [6, 6.07) is 18.3. The van der Waals surface area contributed by atoms with Crippen molar-refractivity contribution in [3.8, 4) is 5.75 Å². The van der Waals surface area contributed by atoms with E-state index in [1.807, 2.05) is 17.8 Å². The number of phenols is 1. The van der Waals surface area contributed by atoms with Crippen molar-refractivity contribution < 1.29 is 5.11 Å². The van der Waals surface area contributed by atoms with Gasteiger partial charge in [-0.2, -0.15) is 0 Å². The van der Waals surface area contributed by atoms with Gasteiger partial charge in [-0.05, 0) is 63.1 Å². The predicted molar refractivity (Wildman–Crippen MR) is 112 cm³/mol. The fourth-order valence-electron chi connectivity index (χ4n) is 4.01. The molecule has 4 heteroatoms. The molecule has 1 N–H and O–H groups in total. The summed E-state index contributed by atoms with van der Waals surface area (Å²) in [5.41, 5.74) is 3.76. The first-order valence-electron chi connectivity index (χ1n) is 9.93. The van der Waals surface area contributed by atoms with E-state index in [0.717, 1.165) is 17.9 Å². The number of nitrogens with zero attached hydrogens (tertiary/aromatic N) is 2. The molecule has 0 saturated heterocycles. The van der Waals surface area contributed by atoms with E-state index in [4.69, 9.17) is 0 Å². The number of aromatic nitrogens is 1. The smallest absolute Gasteiger partial charge is 0.120 e. The molecule has 5 rings (SSSR count). The van der Waals surface area contributed by atoms with Gasteiger partial charge in [0.15, 0.2) is 0 Å². The average molecular weight is 379 g/mol. The highest BCUT2D eigenvalue weighted by atomic mass is 32.2. The van der Waals surface area contributed by atoms with Crippen LogP contribution in [0.3, 0.4) is 0 Å². The predicted octanol–water partition coefficient (Wildman–Crippen LogP) is 5.57. The van der Waals surface area contributed by atoms with Crippen LogP contribution in [0, 0.1) is 0 Å². The van der Waals surface area contributed by atoms with Crippen LogP contribution >= 0.6 is 11.8 Å². The lowest BCUT2D eigenvalue weighted by Gasteiger charge is -2.17. The van der Waals surface area contributed by atoms with Crippen LogP contribution in [-0.2, 0) is 12.3 Å². The zero-order valence-corrected chi connectivity index (χ0v) is 16.6. The van der Waals surface area contributed by atoms with Crippen LogP contribution in [0.5, 0.6) is 5.75 Å². The number of phenolic OH excluding ortho intramolecular Hbond substituents is 1. The minimum Gasteiger partial charge on any atom is -0.508 e. The highest BCUT2D eigenvalue weighted by molar-refractivity contribution is 7.98. The molecule has 0 spiro atoms. The van der Waals surface area contributed by atoms with Gasteiger partial charge in [0, 0.05) is 51.4 Å². The van der Waals surface area contributed by atoms with Gasteiger partial charge in [-0.3, -0.25) is 4.90 Å². The molecule has 2 fully saturated rings. The topological polar surface area (TPSA) is 28.4 Å². The van der Waals surface area contributed by atoms with E-state index < -0.39 is 0 Å². The van der Waals surface area contributed by atoms with Crippen LogP contribution in [0.25, 0.3) is 10.9 Å². The third-order valence-corrected chi connectivity index (χ3v) is 6.85. The van der Waals surface area contributed by atoms with Gasteiger partial charge in [0.2, 0.25) is 0 Å². The highest BCUT2D eigenvalue weighted by Crippen LogP contribution is 2.43. The molecule has 0 unspecified atom stereocenters. The van der Waals surface area contributed by atoms with Gasteiger partial charge >= 0.3 is 0 Å². The third kappa shape index (κ3) is 3.48. The number of aromatic hydroxyl groups is 1. The number of hydrogen-bond acceptors (Lipinski definition) is 3. The number of rotatable bonds is 7. The quantitative estimate of drug-likeness (QED) is 0.545. The van der Waals surface area contributed by atoms with Crippen LogP contribution in [-0.4, -0.2) is 27.7 Å². The number of benzene rings is 2. The Morgan fingerprint density at radius 1 is 1.07 bits per heavy atom. The van der Waals surface area contributed by atoms with Crippen molar-refractivity contribution in [2.45, 2.75) is 55.0 Å². The van der Waals surface area contributed by atoms with Crippen molar-refractivity contribution in [1.29, 1.82) is 0 Å². The normalized spacial score (nSPS) is 17.1. The van der Waals surface area contributed by atoms with Crippen LogP contribution in [0.15, 0.2) is 53.4 Å². The van der Waals surface area contributed by atoms with E-state index in [-0.39, 0.29) is 0 Å². The van der Waals surface area contributed by atoms with Crippen LogP contribution in [0.1, 0.15) is 43.0 Å². The summed E-state index contributed by atoms with van der Waals surface area (Å²) >= 11 is 1.89. The molecule has 140 valence electrons. The minimum absolute atomic E-state index is 0.435. The summed E-state index contributed by atoms with van der Waals surface area (Å²) in [5, 5.41) is 11.8. The Kier molecular flexibility index (Phi) is 4.41. The fraction of sp³-hybridized carbons (Fsp3) is 0.391. The Labute approximate surface area is 165 Å². The molecule has 2 aliphatic carbocycles. The Morgan fingerprint density at radius 2 is 1.85 bits per heavy atom. The second-order valence-electron chi connectivity index (χ2n) is 7.98. The van der Waals surface area contributed by atoms with Gasteiger partial charge in [-0.15, -0.1) is 11.8 Å². The summed E-state index contributed by atoms with van der Waals surface area (Å²) in [5.74, 6) is 1.40. The molecule has 0 bridgehead atoms. The largest absolute Gasteiger partial charge is 0.508 e. The molecular formula is C23H26N2OS. The zero-order chi connectivity index (χ0) is 18.4. The lowest BCUT2D eigenvalue weighted by Crippen LogP contribution is -2.20. The average Bonchev–Trinajstić information content (AvgIpc) is 3.59. The van der Waals surface area contributed by atoms with Gasteiger partial charge in [-0.1, -0.05) is 18.2 Å². The van der Waals surface area contributed by atoms with Crippen molar-refractivity contribution in [2.24, 2.45) is 0 Å². The van der Waals surface area contributed by atoms with E-state index in [0.29, 0.717) is 17.8 Å². The van der Waals surface area contributed by atoms with Gasteiger partial charge in [0.1, 0.15) is 5.75 Å². The third-order valence-electron chi connectivity index (χ3n) is 5.81. The summed E-state index contributed by atoms with van der Waals surface area (Å²) in [4.78, 5) is 3.70. The fourth-order valence-corrected chi connectivity index (χ4v) is 4.90. The maximum atomic E-state index is 10.6. The first-order chi connectivity index (χ1) is 13.2. The van der Waals surface area contributed by atoms with E-state index in [1.54, 1.807) is 0 Å². The lowest BCUT2D eigenvalue weighted by atomic mass is 10.1. The Morgan fingerprint density at radius 3 is 2.56 bits per heavy atom. The first kappa shape index (κ1) is 17.2. The van der Waals surface area contributed by atoms with Crippen molar-refractivity contribution in [1.82, 2.24) is 9.47 Å². The van der Waals surface area contributed by atoms with Crippen LogP contribution in [0.4, 0.5) is 0 Å². The summed E-state index contributed by atoms with van der Waals surface area (Å²) in [7, 11) is 2.18. The SMILES string of the molecule is CN(Cc1c(O)ccc2c1cc(CSc1ccccc1)n2C1CC1)C1CC1. The Balaban J connectivity index is 1.51. The van der Waals surface area contributed by atoms with E-state index in [1.165, 1.54) is 47.2 Å². The van der Waals surface area contributed by atoms with Crippen molar-refractivity contribution in [3.63, 3.8) is 0 Å². The maximum Gasteiger partial charge on any atom is 0.120 e. The molecule has 2 aliphatic rings. The van der Waals surface area contributed by atoms with Gasteiger partial charge in [0.05, 0.1) is 0 Å². The number of fused-ring (bicyclic) bond motifs is 1. The first-order valence-corrected chi connectivity index (χ1v) is 10.9. The zero-order valence-electron chi connectivity index (χ0n) is 15.8. The molecule has 0 radical (unpaired) electrons. The standard InChI is InChI=1S/C23H26N2OS/c1-24(16-7-8-16)14-21-20-13-18(15-27-19-5-3-2-4-6-19)25(17-9-10-17)22(20)11-12-23(21)26/h2-6,11-13,16-17,26H,7-10,14-15H2,1H3. The van der Waals surface area contributed by atoms with Crippen molar-refractivity contribution in [3.05, 3.63) is 59.8 Å². The summed E-state index contributed by atoms with van der Waals surface area (Å²) in [6.45, 7) is 0.827. The second-order valence-corrected chi connectivity index (χ2v) is 9.03. The van der Waals surface area contributed by atoms with Gasteiger partial charge in [0.25, 0.3) is 0 Å². The highest BCUT2D eigenvalue weighted by Gasteiger charge is 2.30. The summed E-state index contributed by atoms with van der Waals surface area (Å²) < 4.78 is 2.53. The number of hydrogen-bond donors (Lipinski definition) is 1. The Hall–Kier alpha value is -1.91. The van der Waals surface area contributed by atoms with Gasteiger partial charge in [-0.25, -0.2) is 0 Å². The van der Waals surface area contributed by atoms with Crippen molar-refractivity contribution in [2.75, 3.05) is 7.05 Å². The molecule has 3 nitrogen and oxygen atoms in total. The monoisotopic (exact) mass is 378 g/mol. The molecule has 3 aromatic rings. The van der Waals surface area contributed by atoms with Crippen LogP contribution < -0.4 is 0 Å². The Bertz CT molecular complexity index is 957. The molecule has 2 saturated carbocycles. The van der Waals surface area contributed by atoms with Crippen LogP contribution in [0.2, 0.25) is 0 Å². The summed E-state index contributed by atoms with van der Waals surface area (Å²) in [6.07, 6.45) is 5.11. The van der Waals surface area contributed by atoms with E-state index >= 15 is 0 Å².